The van der Waals surface area contributed by atoms with Crippen LogP contribution in [-0.4, -0.2) is 51.6 Å². The second kappa shape index (κ2) is 8.97. The van der Waals surface area contributed by atoms with Gasteiger partial charge in [-0.15, -0.1) is 3.33 Å². The maximum absolute atomic E-state index is 12.1. The molecule has 7 nitrogen and oxygen atoms in total. The molecule has 2 aliphatic rings. The molecule has 0 N–H and O–H groups in total. The fraction of sp³-hybridized carbons (Fsp3) is 0.556. The predicted molar refractivity (Wildman–Crippen MR) is 117 cm³/mol. The lowest BCUT2D eigenvalue weighted by molar-refractivity contribution is -0.294. The van der Waals surface area contributed by atoms with E-state index in [1.54, 1.807) is 30.8 Å². The van der Waals surface area contributed by atoms with Gasteiger partial charge >= 0.3 is 0 Å². The molecule has 0 bridgehead atoms. The Morgan fingerprint density at radius 3 is 2.70 bits per heavy atom. The van der Waals surface area contributed by atoms with E-state index in [1.807, 2.05) is 49.2 Å². The van der Waals surface area contributed by atoms with Crippen molar-refractivity contribution in [1.29, 1.82) is 0 Å². The van der Waals surface area contributed by atoms with Crippen LogP contribution in [0.25, 0.3) is 0 Å². The third-order valence-corrected chi connectivity index (χ3v) is 7.74. The molecule has 0 spiro atoms. The number of carbonyl (C=O) groups excluding carboxylic acids is 1. The number of halogens is 1. The van der Waals surface area contributed by atoms with Gasteiger partial charge in [-0.1, -0.05) is 35.2 Å². The summed E-state index contributed by atoms with van der Waals surface area (Å²) in [5, 5.41) is 6.21. The van der Waals surface area contributed by atoms with E-state index >= 15 is 0 Å². The van der Waals surface area contributed by atoms with Gasteiger partial charge in [0.25, 0.3) is 0 Å². The minimum Gasteiger partial charge on any atom is -0.349 e. The summed E-state index contributed by atoms with van der Waals surface area (Å²) < 4.78 is 17.5. The number of amides is 1. The van der Waals surface area contributed by atoms with Crippen LogP contribution in [0.2, 0.25) is 0 Å². The molecule has 1 aromatic rings. The minimum absolute atomic E-state index is 0.0217. The molecule has 2 heterocycles. The van der Waals surface area contributed by atoms with Crippen LogP contribution in [0.3, 0.4) is 0 Å². The van der Waals surface area contributed by atoms with Crippen molar-refractivity contribution >= 4 is 47.3 Å². The van der Waals surface area contributed by atoms with Crippen molar-refractivity contribution in [3.8, 4) is 0 Å². The summed E-state index contributed by atoms with van der Waals surface area (Å²) in [6.07, 6.45) is 0.984. The Kier molecular flexibility index (Phi) is 6.88. The lowest BCUT2D eigenvalue weighted by Gasteiger charge is -2.40. The van der Waals surface area contributed by atoms with E-state index < -0.39 is 26.8 Å². The van der Waals surface area contributed by atoms with Gasteiger partial charge in [0.15, 0.2) is 8.75 Å². The van der Waals surface area contributed by atoms with E-state index in [2.05, 4.69) is 8.55 Å². The molecule has 2 atom stereocenters. The first-order chi connectivity index (χ1) is 12.8. The molecular weight excluding hydrogens is 479 g/mol. The number of hydrogen-bond donors (Lipinski definition) is 0. The van der Waals surface area contributed by atoms with Crippen molar-refractivity contribution in [3.63, 3.8) is 0 Å². The van der Waals surface area contributed by atoms with Crippen LogP contribution < -0.4 is 5.01 Å². The van der Waals surface area contributed by atoms with E-state index in [-0.39, 0.29) is 18.1 Å². The summed E-state index contributed by atoms with van der Waals surface area (Å²) in [7, 11) is 3.54. The predicted octanol–water partition coefficient (Wildman–Crippen LogP) is 3.97. The van der Waals surface area contributed by atoms with E-state index in [4.69, 9.17) is 9.47 Å². The Balaban J connectivity index is 1.59. The Hall–Kier alpha value is -1.04. The normalized spacial score (nSPS) is 24.3. The highest BCUT2D eigenvalue weighted by Gasteiger charge is 2.37. The van der Waals surface area contributed by atoms with E-state index in [9.17, 15) is 4.79 Å². The topological polar surface area (TPSA) is 66.7 Å². The maximum atomic E-state index is 12.1. The molecule has 27 heavy (non-hydrogen) atoms. The Bertz CT molecular complexity index is 727. The molecule has 1 saturated heterocycles. The highest BCUT2D eigenvalue weighted by atomic mass is 127. The van der Waals surface area contributed by atoms with Gasteiger partial charge in [0.05, 0.1) is 45.3 Å². The Labute approximate surface area is 174 Å². The number of hydrogen-bond acceptors (Lipinski definition) is 7. The van der Waals surface area contributed by atoms with Crippen molar-refractivity contribution in [2.45, 2.75) is 44.7 Å². The summed E-state index contributed by atoms with van der Waals surface area (Å²) in [5.74, 6) is 0.181. The molecule has 0 radical (unpaired) electrons. The van der Waals surface area contributed by atoms with Crippen molar-refractivity contribution in [1.82, 2.24) is 4.90 Å². The van der Waals surface area contributed by atoms with Gasteiger partial charge < -0.3 is 14.4 Å². The summed E-state index contributed by atoms with van der Waals surface area (Å²) in [5.41, 5.74) is 1.03. The summed E-state index contributed by atoms with van der Waals surface area (Å²) >= 11 is 1.29. The molecule has 0 unspecified atom stereocenters. The number of carbonyl (C=O) groups is 1. The van der Waals surface area contributed by atoms with E-state index in [1.165, 1.54) is 2.96 Å². The third kappa shape index (κ3) is 5.72. The zero-order valence-electron chi connectivity index (χ0n) is 16.0. The molecule has 1 amide bonds. The number of ether oxygens (including phenoxy) is 2. The fourth-order valence-electron chi connectivity index (χ4n) is 2.95. The Morgan fingerprint density at radius 2 is 2.00 bits per heavy atom. The zero-order chi connectivity index (χ0) is 19.4. The van der Waals surface area contributed by atoms with Gasteiger partial charge in [-0.05, 0) is 26.0 Å². The van der Waals surface area contributed by atoms with Crippen molar-refractivity contribution in [2.24, 2.45) is 8.55 Å². The summed E-state index contributed by atoms with van der Waals surface area (Å²) in [6, 6.07) is 10.1. The first-order valence-electron chi connectivity index (χ1n) is 8.80. The maximum Gasteiger partial charge on any atom is 0.224 e. The molecule has 1 aromatic carbocycles. The summed E-state index contributed by atoms with van der Waals surface area (Å²) in [4.78, 5) is 13.7. The first-order valence-corrected chi connectivity index (χ1v) is 11.8. The van der Waals surface area contributed by atoms with E-state index in [0.717, 1.165) is 11.4 Å². The van der Waals surface area contributed by atoms with E-state index in [0.29, 0.717) is 12.8 Å². The molecule has 1 fully saturated rings. The van der Waals surface area contributed by atoms with Crippen LogP contribution in [0.1, 0.15) is 26.7 Å². The second-order valence-electron chi connectivity index (χ2n) is 7.07. The van der Waals surface area contributed by atoms with Gasteiger partial charge in [-0.25, -0.2) is 5.01 Å². The van der Waals surface area contributed by atoms with Crippen LogP contribution in [0.15, 0.2) is 38.9 Å². The molecule has 148 valence electrons. The van der Waals surface area contributed by atoms with Gasteiger partial charge in [0.1, 0.15) is 0 Å². The lowest BCUT2D eigenvalue weighted by Crippen LogP contribution is -2.47. The number of benzene rings is 1. The standard InChI is InChI=1S/C18H25IN4O3S/c1-18(2)25-14(11-16(24)22(3)4)10-15(26-18)12-27-17-19-20-21-23(17)13-8-6-5-7-9-13/h5-9,14-15H,10-12H2,1-4H3/t14-,15+/m1/s1. The van der Waals surface area contributed by atoms with Crippen molar-refractivity contribution < 1.29 is 14.3 Å². The quantitative estimate of drug-likeness (QED) is 0.549. The van der Waals surface area contributed by atoms with Gasteiger partial charge in [-0.2, -0.15) is 0 Å². The monoisotopic (exact) mass is 504 g/mol. The number of nitrogens with zero attached hydrogens (tertiary/aromatic N) is 4. The van der Waals surface area contributed by atoms with Gasteiger partial charge in [0, 0.05) is 26.3 Å². The smallest absolute Gasteiger partial charge is 0.224 e. The molecule has 2 aliphatic heterocycles. The first kappa shape index (κ1) is 20.7. The zero-order valence-corrected chi connectivity index (χ0v) is 18.9. The molecule has 0 aromatic heterocycles. The van der Waals surface area contributed by atoms with Crippen LogP contribution >= 0.6 is 32.8 Å². The van der Waals surface area contributed by atoms with Crippen LogP contribution in [0.4, 0.5) is 5.69 Å². The molecule has 3 rings (SSSR count). The number of anilines is 1. The number of para-hydroxylation sites is 1. The number of thioether (sulfide) groups is 1. The van der Waals surface area contributed by atoms with Gasteiger partial charge in [0.2, 0.25) is 5.91 Å². The highest BCUT2D eigenvalue weighted by Crippen LogP contribution is 2.34. The van der Waals surface area contributed by atoms with Crippen molar-refractivity contribution in [2.75, 3.05) is 24.9 Å². The Morgan fingerprint density at radius 1 is 1.30 bits per heavy atom. The highest BCUT2D eigenvalue weighted by molar-refractivity contribution is 14.2. The molecular formula is C18H25IN4O3S. The molecule has 9 heteroatoms. The molecule has 0 saturated carbocycles. The van der Waals surface area contributed by atoms with Crippen LogP contribution in [-0.2, 0) is 14.3 Å². The van der Waals surface area contributed by atoms with Crippen molar-refractivity contribution in [3.05, 3.63) is 30.3 Å². The van der Waals surface area contributed by atoms with Crippen LogP contribution in [0.5, 0.6) is 0 Å². The summed E-state index contributed by atoms with van der Waals surface area (Å²) in [6.45, 7) is 3.82. The minimum atomic E-state index is -0.690. The third-order valence-electron chi connectivity index (χ3n) is 4.12. The largest absolute Gasteiger partial charge is 0.349 e. The fourth-order valence-corrected chi connectivity index (χ4v) is 6.01. The van der Waals surface area contributed by atoms with Crippen LogP contribution in [0, 0.1) is 0 Å². The SMILES string of the molecule is CN(C)C(=O)C[C@H]1C[C@@H](CSC2=IN=NN2c2ccccc2)OC(C)(C)O1. The second-order valence-corrected chi connectivity index (χ2v) is 10.7. The average Bonchev–Trinajstić information content (AvgIpc) is 3.08. The lowest BCUT2D eigenvalue weighted by atomic mass is 10.1. The average molecular weight is 504 g/mol. The molecule has 0 aliphatic carbocycles. The van der Waals surface area contributed by atoms with Gasteiger partial charge in [-0.3, -0.25) is 4.79 Å². The number of rotatable bonds is 6.